The number of carbonyl (C=O) groups excluding carboxylic acids is 1. The highest BCUT2D eigenvalue weighted by atomic mass is 16.5. The van der Waals surface area contributed by atoms with Gasteiger partial charge in [0.05, 0.1) is 18.7 Å². The third kappa shape index (κ3) is 1.98. The van der Waals surface area contributed by atoms with E-state index in [0.717, 1.165) is 30.0 Å². The van der Waals surface area contributed by atoms with Crippen molar-refractivity contribution in [2.45, 2.75) is 19.8 Å². The molecule has 2 rings (SSSR count). The first kappa shape index (κ1) is 10.9. The van der Waals surface area contributed by atoms with Gasteiger partial charge in [0.1, 0.15) is 5.76 Å². The lowest BCUT2D eigenvalue weighted by Crippen LogP contribution is -2.25. The van der Waals surface area contributed by atoms with Gasteiger partial charge in [-0.2, -0.15) is 0 Å². The van der Waals surface area contributed by atoms with Crippen LogP contribution in [0.4, 0.5) is 0 Å². The molecule has 0 saturated carbocycles. The van der Waals surface area contributed by atoms with Crippen molar-refractivity contribution in [2.24, 2.45) is 10.9 Å². The van der Waals surface area contributed by atoms with Gasteiger partial charge in [0.15, 0.2) is 5.78 Å². The monoisotopic (exact) mass is 217 g/mol. The van der Waals surface area contributed by atoms with Crippen molar-refractivity contribution in [2.75, 3.05) is 7.11 Å². The van der Waals surface area contributed by atoms with E-state index in [1.165, 1.54) is 0 Å². The normalized spacial score (nSPS) is 23.2. The topological polar surface area (TPSA) is 38.7 Å². The van der Waals surface area contributed by atoms with Crippen molar-refractivity contribution >= 4 is 11.5 Å². The molecule has 16 heavy (non-hydrogen) atoms. The molecule has 1 atom stereocenters. The first-order valence-electron chi connectivity index (χ1n) is 5.51. The number of methoxy groups -OCH3 is 1. The summed E-state index contributed by atoms with van der Waals surface area (Å²) >= 11 is 0. The average molecular weight is 217 g/mol. The Hall–Kier alpha value is -1.64. The zero-order chi connectivity index (χ0) is 11.5. The summed E-state index contributed by atoms with van der Waals surface area (Å²) < 4.78 is 5.11. The fourth-order valence-electron chi connectivity index (χ4n) is 1.88. The molecule has 1 aliphatic carbocycles. The number of carbonyl (C=O) groups is 1. The van der Waals surface area contributed by atoms with Gasteiger partial charge in [-0.15, -0.1) is 0 Å². The number of nitrogens with zero attached hydrogens (tertiary/aromatic N) is 1. The van der Waals surface area contributed by atoms with Crippen LogP contribution in [0.5, 0.6) is 0 Å². The number of ketones is 1. The van der Waals surface area contributed by atoms with Crippen LogP contribution >= 0.6 is 0 Å². The van der Waals surface area contributed by atoms with E-state index in [2.05, 4.69) is 11.9 Å². The van der Waals surface area contributed by atoms with Gasteiger partial charge in [0, 0.05) is 11.8 Å². The molecule has 0 fully saturated rings. The Morgan fingerprint density at radius 3 is 2.94 bits per heavy atom. The lowest BCUT2D eigenvalue weighted by molar-refractivity contribution is -0.115. The minimum atomic E-state index is -0.249. The first-order valence-corrected chi connectivity index (χ1v) is 5.51. The predicted octanol–water partition coefficient (Wildman–Crippen LogP) is 2.41. The van der Waals surface area contributed by atoms with Crippen molar-refractivity contribution in [3.05, 3.63) is 35.8 Å². The van der Waals surface area contributed by atoms with Crippen LogP contribution in [0.3, 0.4) is 0 Å². The Morgan fingerprint density at radius 1 is 1.44 bits per heavy atom. The van der Waals surface area contributed by atoms with Crippen molar-refractivity contribution in [3.63, 3.8) is 0 Å². The van der Waals surface area contributed by atoms with Crippen LogP contribution in [0.15, 0.2) is 40.8 Å². The Labute approximate surface area is 95.2 Å². The summed E-state index contributed by atoms with van der Waals surface area (Å²) in [6.45, 7) is 2.08. The van der Waals surface area contributed by atoms with E-state index < -0.39 is 0 Å². The molecule has 0 aromatic heterocycles. The maximum atomic E-state index is 11.9. The van der Waals surface area contributed by atoms with Gasteiger partial charge in [0.2, 0.25) is 0 Å². The molecule has 1 heterocycles. The van der Waals surface area contributed by atoms with Crippen molar-refractivity contribution in [3.8, 4) is 0 Å². The van der Waals surface area contributed by atoms with Crippen molar-refractivity contribution in [1.82, 2.24) is 0 Å². The molecule has 84 valence electrons. The van der Waals surface area contributed by atoms with Gasteiger partial charge < -0.3 is 4.74 Å². The molecule has 0 aromatic carbocycles. The predicted molar refractivity (Wildman–Crippen MR) is 63.2 cm³/mol. The Balaban J connectivity index is 2.27. The number of hydrogen-bond acceptors (Lipinski definition) is 3. The summed E-state index contributed by atoms with van der Waals surface area (Å²) in [5.41, 5.74) is 1.72. The van der Waals surface area contributed by atoms with E-state index in [-0.39, 0.29) is 11.7 Å². The van der Waals surface area contributed by atoms with E-state index in [9.17, 15) is 4.79 Å². The molecule has 0 spiro atoms. The maximum Gasteiger partial charge on any atom is 0.170 e. The second-order valence-corrected chi connectivity index (χ2v) is 3.91. The molecule has 0 radical (unpaired) electrons. The van der Waals surface area contributed by atoms with Gasteiger partial charge in [-0.1, -0.05) is 13.3 Å². The van der Waals surface area contributed by atoms with Crippen LogP contribution in [-0.2, 0) is 9.53 Å². The lowest BCUT2D eigenvalue weighted by Gasteiger charge is -2.20. The SMILES string of the molecule is CCCC1=CC(=O)C2C=C(OC)C=CC2=N1. The summed E-state index contributed by atoms with van der Waals surface area (Å²) in [5.74, 6) is 0.581. The van der Waals surface area contributed by atoms with Gasteiger partial charge in [-0.25, -0.2) is 0 Å². The summed E-state index contributed by atoms with van der Waals surface area (Å²) in [7, 11) is 1.60. The van der Waals surface area contributed by atoms with Gasteiger partial charge in [-0.05, 0) is 24.6 Å². The summed E-state index contributed by atoms with van der Waals surface area (Å²) in [6.07, 6.45) is 9.04. The number of allylic oxidation sites excluding steroid dienone is 5. The van der Waals surface area contributed by atoms with Crippen LogP contribution < -0.4 is 0 Å². The fourth-order valence-corrected chi connectivity index (χ4v) is 1.88. The van der Waals surface area contributed by atoms with Crippen LogP contribution in [0.25, 0.3) is 0 Å². The molecule has 0 N–H and O–H groups in total. The molecular weight excluding hydrogens is 202 g/mol. The molecule has 1 unspecified atom stereocenters. The number of ether oxygens (including phenoxy) is 1. The van der Waals surface area contributed by atoms with Gasteiger partial charge in [0.25, 0.3) is 0 Å². The molecule has 0 amide bonds. The molecule has 0 saturated heterocycles. The van der Waals surface area contributed by atoms with E-state index in [0.29, 0.717) is 0 Å². The summed E-state index contributed by atoms with van der Waals surface area (Å²) in [4.78, 5) is 16.4. The number of rotatable bonds is 3. The molecule has 2 aliphatic rings. The highest BCUT2D eigenvalue weighted by Crippen LogP contribution is 2.24. The van der Waals surface area contributed by atoms with E-state index in [1.807, 2.05) is 18.2 Å². The van der Waals surface area contributed by atoms with Gasteiger partial charge >= 0.3 is 0 Å². The quantitative estimate of drug-likeness (QED) is 0.728. The highest BCUT2D eigenvalue weighted by molar-refractivity contribution is 6.18. The molecule has 3 heteroatoms. The summed E-state index contributed by atoms with van der Waals surface area (Å²) in [5, 5.41) is 0. The Bertz CT molecular complexity index is 427. The van der Waals surface area contributed by atoms with Crippen LogP contribution in [0.1, 0.15) is 19.8 Å². The number of aliphatic imine (C=N–C) groups is 1. The van der Waals surface area contributed by atoms with Crippen LogP contribution in [0, 0.1) is 5.92 Å². The molecule has 0 aromatic rings. The molecule has 3 nitrogen and oxygen atoms in total. The molecular formula is C13H15NO2. The average Bonchev–Trinajstić information content (AvgIpc) is 2.29. The van der Waals surface area contributed by atoms with Gasteiger partial charge in [-0.3, -0.25) is 9.79 Å². The van der Waals surface area contributed by atoms with E-state index >= 15 is 0 Å². The fraction of sp³-hybridized carbons (Fsp3) is 0.385. The smallest absolute Gasteiger partial charge is 0.170 e. The molecule has 0 bridgehead atoms. The number of hydrogen-bond donors (Lipinski definition) is 0. The zero-order valence-corrected chi connectivity index (χ0v) is 9.56. The van der Waals surface area contributed by atoms with Crippen LogP contribution in [-0.4, -0.2) is 18.6 Å². The third-order valence-electron chi connectivity index (χ3n) is 2.70. The largest absolute Gasteiger partial charge is 0.497 e. The van der Waals surface area contributed by atoms with E-state index in [4.69, 9.17) is 4.74 Å². The first-order chi connectivity index (χ1) is 7.74. The zero-order valence-electron chi connectivity index (χ0n) is 9.56. The minimum Gasteiger partial charge on any atom is -0.497 e. The van der Waals surface area contributed by atoms with Crippen molar-refractivity contribution < 1.29 is 9.53 Å². The second kappa shape index (κ2) is 4.47. The van der Waals surface area contributed by atoms with Crippen LogP contribution in [0.2, 0.25) is 0 Å². The summed E-state index contributed by atoms with van der Waals surface area (Å²) in [6, 6.07) is 0. The maximum absolute atomic E-state index is 11.9. The van der Waals surface area contributed by atoms with E-state index in [1.54, 1.807) is 13.2 Å². The lowest BCUT2D eigenvalue weighted by atomic mass is 9.90. The number of fused-ring (bicyclic) bond motifs is 1. The Morgan fingerprint density at radius 2 is 2.25 bits per heavy atom. The highest BCUT2D eigenvalue weighted by Gasteiger charge is 2.26. The standard InChI is InChI=1S/C13H15NO2/c1-3-4-9-7-13(15)11-8-10(16-2)5-6-12(11)14-9/h5-8,11H,3-4H2,1-2H3. The molecule has 1 aliphatic heterocycles. The second-order valence-electron chi connectivity index (χ2n) is 3.91. The third-order valence-corrected chi connectivity index (χ3v) is 2.70. The van der Waals surface area contributed by atoms with Crippen molar-refractivity contribution in [1.29, 1.82) is 0 Å². The Kier molecular flexibility index (Phi) is 3.04. The minimum absolute atomic E-state index is 0.104.